The molecule has 2 heterocycles. The molecule has 0 fully saturated rings. The number of carbonyl (C=O) groups is 1. The molecule has 29 heavy (non-hydrogen) atoms. The Kier molecular flexibility index (Phi) is 4.92. The standard InChI is InChI=1S/C23H24N4O2/c1-14-9-10-19-18(13-14)16(3)21(24-19)22-25-20(26-29-22)11-12-27(4)23(28)17-8-6-5-7-15(17)2/h5-10,13,24H,11-12H2,1-4H3. The van der Waals surface area contributed by atoms with E-state index in [0.29, 0.717) is 30.2 Å². The zero-order chi connectivity index (χ0) is 20.5. The Morgan fingerprint density at radius 1 is 1.14 bits per heavy atom. The van der Waals surface area contributed by atoms with Gasteiger partial charge < -0.3 is 14.4 Å². The molecular weight excluding hydrogens is 364 g/mol. The SMILES string of the molecule is Cc1ccc2[nH]c(-c3nc(CCN(C)C(=O)c4ccccc4C)no3)c(C)c2c1. The molecule has 0 atom stereocenters. The Hall–Kier alpha value is -3.41. The van der Waals surface area contributed by atoms with Gasteiger partial charge in [0.05, 0.1) is 0 Å². The topological polar surface area (TPSA) is 75.0 Å². The maximum absolute atomic E-state index is 12.6. The van der Waals surface area contributed by atoms with Gasteiger partial charge in [0, 0.05) is 36.5 Å². The van der Waals surface area contributed by atoms with Crippen LogP contribution in [-0.4, -0.2) is 39.5 Å². The van der Waals surface area contributed by atoms with E-state index in [4.69, 9.17) is 4.52 Å². The van der Waals surface area contributed by atoms with Gasteiger partial charge in [-0.25, -0.2) is 0 Å². The van der Waals surface area contributed by atoms with E-state index in [9.17, 15) is 4.79 Å². The summed E-state index contributed by atoms with van der Waals surface area (Å²) >= 11 is 0. The Bertz CT molecular complexity index is 1190. The van der Waals surface area contributed by atoms with E-state index >= 15 is 0 Å². The fourth-order valence-corrected chi connectivity index (χ4v) is 3.50. The number of hydrogen-bond donors (Lipinski definition) is 1. The van der Waals surface area contributed by atoms with Crippen LogP contribution in [-0.2, 0) is 6.42 Å². The normalized spacial score (nSPS) is 11.2. The number of nitrogens with one attached hydrogen (secondary N) is 1. The molecule has 0 aliphatic carbocycles. The van der Waals surface area contributed by atoms with Crippen LogP contribution in [0.5, 0.6) is 0 Å². The first kappa shape index (κ1) is 18.9. The molecule has 0 bridgehead atoms. The minimum atomic E-state index is -0.00588. The highest BCUT2D eigenvalue weighted by molar-refractivity contribution is 5.95. The van der Waals surface area contributed by atoms with Crippen LogP contribution < -0.4 is 0 Å². The minimum Gasteiger partial charge on any atom is -0.350 e. The van der Waals surface area contributed by atoms with Gasteiger partial charge in [0.15, 0.2) is 5.82 Å². The summed E-state index contributed by atoms with van der Waals surface area (Å²) in [6.45, 7) is 6.57. The molecule has 1 amide bonds. The highest BCUT2D eigenvalue weighted by Crippen LogP contribution is 2.29. The van der Waals surface area contributed by atoms with Crippen molar-refractivity contribution in [2.45, 2.75) is 27.2 Å². The van der Waals surface area contributed by atoms with E-state index in [1.54, 1.807) is 11.9 Å². The fraction of sp³-hybridized carbons (Fsp3) is 0.261. The average Bonchev–Trinajstić information content (AvgIpc) is 3.31. The fourth-order valence-electron chi connectivity index (χ4n) is 3.50. The summed E-state index contributed by atoms with van der Waals surface area (Å²) < 4.78 is 5.49. The predicted molar refractivity (Wildman–Crippen MR) is 113 cm³/mol. The number of hydrogen-bond acceptors (Lipinski definition) is 4. The minimum absolute atomic E-state index is 0.00588. The Morgan fingerprint density at radius 3 is 2.72 bits per heavy atom. The lowest BCUT2D eigenvalue weighted by molar-refractivity contribution is 0.0795. The van der Waals surface area contributed by atoms with Gasteiger partial charge in [-0.3, -0.25) is 4.79 Å². The molecule has 6 heteroatoms. The molecule has 0 saturated heterocycles. The lowest BCUT2D eigenvalue weighted by Gasteiger charge is -2.17. The maximum atomic E-state index is 12.6. The number of aromatic nitrogens is 3. The van der Waals surface area contributed by atoms with Crippen LogP contribution >= 0.6 is 0 Å². The van der Waals surface area contributed by atoms with Crippen LogP contribution in [0, 0.1) is 20.8 Å². The van der Waals surface area contributed by atoms with Crippen molar-refractivity contribution in [3.8, 4) is 11.6 Å². The summed E-state index contributed by atoms with van der Waals surface area (Å²) in [5.41, 5.74) is 5.87. The molecule has 4 aromatic rings. The van der Waals surface area contributed by atoms with Gasteiger partial charge in [-0.05, 0) is 50.1 Å². The van der Waals surface area contributed by atoms with E-state index < -0.39 is 0 Å². The van der Waals surface area contributed by atoms with Crippen molar-refractivity contribution in [3.63, 3.8) is 0 Å². The van der Waals surface area contributed by atoms with Crippen molar-refractivity contribution in [2.75, 3.05) is 13.6 Å². The van der Waals surface area contributed by atoms with Gasteiger partial charge in [-0.2, -0.15) is 4.98 Å². The van der Waals surface area contributed by atoms with Crippen LogP contribution in [0.2, 0.25) is 0 Å². The van der Waals surface area contributed by atoms with Crippen LogP contribution in [0.25, 0.3) is 22.5 Å². The summed E-state index contributed by atoms with van der Waals surface area (Å²) in [5, 5.41) is 5.25. The highest BCUT2D eigenvalue weighted by atomic mass is 16.5. The van der Waals surface area contributed by atoms with E-state index in [0.717, 1.165) is 27.7 Å². The van der Waals surface area contributed by atoms with Crippen LogP contribution in [0.15, 0.2) is 47.0 Å². The summed E-state index contributed by atoms with van der Waals surface area (Å²) in [7, 11) is 1.79. The van der Waals surface area contributed by atoms with Crippen molar-refractivity contribution in [2.24, 2.45) is 0 Å². The molecule has 1 N–H and O–H groups in total. The van der Waals surface area contributed by atoms with Crippen LogP contribution in [0.1, 0.15) is 32.9 Å². The van der Waals surface area contributed by atoms with E-state index in [-0.39, 0.29) is 5.91 Å². The van der Waals surface area contributed by atoms with Gasteiger partial charge in [0.1, 0.15) is 5.69 Å². The number of nitrogens with zero attached hydrogens (tertiary/aromatic N) is 3. The maximum Gasteiger partial charge on any atom is 0.274 e. The molecule has 0 saturated carbocycles. The van der Waals surface area contributed by atoms with Crippen molar-refractivity contribution < 1.29 is 9.32 Å². The van der Waals surface area contributed by atoms with Crippen molar-refractivity contribution in [3.05, 3.63) is 70.5 Å². The monoisotopic (exact) mass is 388 g/mol. The van der Waals surface area contributed by atoms with E-state index in [2.05, 4.69) is 40.2 Å². The zero-order valence-corrected chi connectivity index (χ0v) is 17.1. The van der Waals surface area contributed by atoms with Gasteiger partial charge in [-0.15, -0.1) is 0 Å². The first-order chi connectivity index (χ1) is 13.9. The molecule has 6 nitrogen and oxygen atoms in total. The van der Waals surface area contributed by atoms with Crippen molar-refractivity contribution >= 4 is 16.8 Å². The molecule has 2 aromatic carbocycles. The molecule has 0 radical (unpaired) electrons. The third-order valence-corrected chi connectivity index (χ3v) is 5.29. The smallest absolute Gasteiger partial charge is 0.274 e. The summed E-state index contributed by atoms with van der Waals surface area (Å²) in [6, 6.07) is 13.9. The second-order valence-electron chi connectivity index (χ2n) is 7.48. The molecule has 0 aliphatic rings. The second kappa shape index (κ2) is 7.54. The van der Waals surface area contributed by atoms with Crippen molar-refractivity contribution in [1.29, 1.82) is 0 Å². The van der Waals surface area contributed by atoms with Crippen LogP contribution in [0.3, 0.4) is 0 Å². The number of fused-ring (bicyclic) bond motifs is 1. The molecular formula is C23H24N4O2. The van der Waals surface area contributed by atoms with E-state index in [1.165, 1.54) is 5.56 Å². The van der Waals surface area contributed by atoms with Crippen LogP contribution in [0.4, 0.5) is 0 Å². The van der Waals surface area contributed by atoms with E-state index in [1.807, 2.05) is 38.1 Å². The molecule has 148 valence electrons. The molecule has 0 unspecified atom stereocenters. The first-order valence-electron chi connectivity index (χ1n) is 9.67. The number of amides is 1. The predicted octanol–water partition coefficient (Wildman–Crippen LogP) is 4.46. The van der Waals surface area contributed by atoms with Gasteiger partial charge in [0.2, 0.25) is 0 Å². The lowest BCUT2D eigenvalue weighted by Crippen LogP contribution is -2.29. The third kappa shape index (κ3) is 3.66. The molecule has 4 rings (SSSR count). The zero-order valence-electron chi connectivity index (χ0n) is 17.1. The second-order valence-corrected chi connectivity index (χ2v) is 7.48. The summed E-state index contributed by atoms with van der Waals surface area (Å²) in [5.74, 6) is 1.05. The Balaban J connectivity index is 1.48. The quantitative estimate of drug-likeness (QED) is 0.548. The van der Waals surface area contributed by atoms with Crippen molar-refractivity contribution in [1.82, 2.24) is 20.0 Å². The third-order valence-electron chi connectivity index (χ3n) is 5.29. The first-order valence-corrected chi connectivity index (χ1v) is 9.67. The van der Waals surface area contributed by atoms with Gasteiger partial charge in [0.25, 0.3) is 11.8 Å². The molecule has 2 aromatic heterocycles. The lowest BCUT2D eigenvalue weighted by atomic mass is 10.1. The number of aromatic amines is 1. The number of aryl methyl sites for hydroxylation is 3. The molecule has 0 spiro atoms. The highest BCUT2D eigenvalue weighted by Gasteiger charge is 2.18. The Morgan fingerprint density at radius 2 is 1.93 bits per heavy atom. The van der Waals surface area contributed by atoms with Gasteiger partial charge in [-0.1, -0.05) is 35.0 Å². The van der Waals surface area contributed by atoms with Gasteiger partial charge >= 0.3 is 0 Å². The number of likely N-dealkylation sites (N-methyl/N-ethyl adjacent to an activating group) is 1. The number of benzene rings is 2. The number of H-pyrrole nitrogens is 1. The molecule has 0 aliphatic heterocycles. The number of carbonyl (C=O) groups excluding carboxylic acids is 1. The Labute approximate surface area is 169 Å². The summed E-state index contributed by atoms with van der Waals surface area (Å²) in [4.78, 5) is 22.2. The summed E-state index contributed by atoms with van der Waals surface area (Å²) in [6.07, 6.45) is 0.524. The number of rotatable bonds is 5. The average molecular weight is 388 g/mol. The largest absolute Gasteiger partial charge is 0.350 e.